The van der Waals surface area contributed by atoms with Gasteiger partial charge in [0.15, 0.2) is 0 Å². The van der Waals surface area contributed by atoms with Gasteiger partial charge < -0.3 is 0 Å². The van der Waals surface area contributed by atoms with E-state index in [0.717, 1.165) is 10.8 Å². The summed E-state index contributed by atoms with van der Waals surface area (Å²) in [6, 6.07) is 48.9. The second-order valence-corrected chi connectivity index (χ2v) is 12.2. The molecule has 8 aromatic carbocycles. The highest BCUT2D eigenvalue weighted by molar-refractivity contribution is 6.29. The highest BCUT2D eigenvalue weighted by atomic mass is 14.6. The zero-order chi connectivity index (χ0) is 30.2. The third-order valence-corrected chi connectivity index (χ3v) is 9.73. The first-order valence-electron chi connectivity index (χ1n) is 15.7. The van der Waals surface area contributed by atoms with Crippen LogP contribution in [0, 0.1) is 0 Å². The predicted octanol–water partition coefficient (Wildman–Crippen LogP) is 11.9. The summed E-state index contributed by atoms with van der Waals surface area (Å²) >= 11 is 0. The number of nitrogens with zero attached hydrogens (tertiary/aromatic N) is 2. The van der Waals surface area contributed by atoms with Crippen LogP contribution in [0.25, 0.3) is 97.7 Å². The van der Waals surface area contributed by atoms with Gasteiger partial charge in [-0.15, -0.1) is 0 Å². The van der Waals surface area contributed by atoms with Crippen LogP contribution in [0.3, 0.4) is 0 Å². The van der Waals surface area contributed by atoms with E-state index < -0.39 is 0 Å². The molecule has 10 rings (SSSR count). The number of hydrogen-bond acceptors (Lipinski definition) is 2. The summed E-state index contributed by atoms with van der Waals surface area (Å²) in [5, 5.41) is 17.2. The van der Waals surface area contributed by atoms with Crippen LogP contribution in [-0.2, 0) is 0 Å². The van der Waals surface area contributed by atoms with Gasteiger partial charge in [0.2, 0.25) is 0 Å². The summed E-state index contributed by atoms with van der Waals surface area (Å²) in [6.45, 7) is 0. The molecule has 0 bridgehead atoms. The van der Waals surface area contributed by atoms with Crippen LogP contribution in [0.1, 0.15) is 0 Å². The Hall–Kier alpha value is -6.12. The van der Waals surface area contributed by atoms with E-state index >= 15 is 0 Å². The van der Waals surface area contributed by atoms with Gasteiger partial charge in [-0.2, -0.15) is 0 Å². The quantitative estimate of drug-likeness (QED) is 0.150. The number of fused-ring (bicyclic) bond motifs is 9. The molecule has 46 heavy (non-hydrogen) atoms. The standard InChI is InChI=1S/C44H26N2/c1-3-11-32-27(9-1)21-29-17-19-45-25-40(29)43(32)38-23-31-24-39(35-14-6-8-16-37(35)42(31)36-15-7-5-13-34(36)38)44-33-12-4-2-10-28(33)22-30-18-20-46-26-41(30)44/h1-26H. The number of hydrogen-bond donors (Lipinski definition) is 0. The average Bonchev–Trinajstić information content (AvgIpc) is 3.12. The minimum atomic E-state index is 1.16. The summed E-state index contributed by atoms with van der Waals surface area (Å²) in [6.07, 6.45) is 7.83. The van der Waals surface area contributed by atoms with E-state index in [1.54, 1.807) is 0 Å². The van der Waals surface area contributed by atoms with Crippen LogP contribution < -0.4 is 0 Å². The molecule has 0 aliphatic rings. The van der Waals surface area contributed by atoms with Crippen molar-refractivity contribution >= 4 is 75.4 Å². The topological polar surface area (TPSA) is 25.8 Å². The second-order valence-electron chi connectivity index (χ2n) is 12.2. The first-order valence-corrected chi connectivity index (χ1v) is 15.7. The molecule has 212 valence electrons. The Kier molecular flexibility index (Phi) is 5.31. The first-order chi connectivity index (χ1) is 22.8. The van der Waals surface area contributed by atoms with Gasteiger partial charge in [-0.1, -0.05) is 97.1 Å². The molecule has 0 aliphatic carbocycles. The van der Waals surface area contributed by atoms with Gasteiger partial charge in [-0.25, -0.2) is 0 Å². The third kappa shape index (κ3) is 3.59. The summed E-state index contributed by atoms with van der Waals surface area (Å²) in [5.41, 5.74) is 4.91. The molecule has 0 N–H and O–H groups in total. The highest BCUT2D eigenvalue weighted by Gasteiger charge is 2.19. The fraction of sp³-hybridized carbons (Fsp3) is 0. The predicted molar refractivity (Wildman–Crippen MR) is 195 cm³/mol. The van der Waals surface area contributed by atoms with Crippen molar-refractivity contribution in [3.05, 3.63) is 158 Å². The maximum Gasteiger partial charge on any atom is 0.0352 e. The second kappa shape index (κ2) is 9.69. The molecule has 0 unspecified atom stereocenters. The summed E-state index contributed by atoms with van der Waals surface area (Å²) < 4.78 is 0. The fourth-order valence-electron chi connectivity index (χ4n) is 7.78. The number of rotatable bonds is 2. The normalized spacial score (nSPS) is 11.9. The summed E-state index contributed by atoms with van der Waals surface area (Å²) in [5.74, 6) is 0. The minimum Gasteiger partial charge on any atom is -0.264 e. The Bertz CT molecular complexity index is 2560. The Balaban J connectivity index is 1.42. The fourth-order valence-corrected chi connectivity index (χ4v) is 7.78. The molecule has 0 radical (unpaired) electrons. The van der Waals surface area contributed by atoms with Gasteiger partial charge in [-0.05, 0) is 123 Å². The van der Waals surface area contributed by atoms with Crippen molar-refractivity contribution < 1.29 is 0 Å². The van der Waals surface area contributed by atoms with E-state index in [4.69, 9.17) is 0 Å². The lowest BCUT2D eigenvalue weighted by Gasteiger charge is -2.19. The van der Waals surface area contributed by atoms with Crippen molar-refractivity contribution in [3.8, 4) is 22.3 Å². The lowest BCUT2D eigenvalue weighted by molar-refractivity contribution is 1.37. The molecule has 0 amide bonds. The monoisotopic (exact) mass is 582 g/mol. The van der Waals surface area contributed by atoms with Gasteiger partial charge in [0.05, 0.1) is 0 Å². The Morgan fingerprint density at radius 1 is 0.304 bits per heavy atom. The van der Waals surface area contributed by atoms with Crippen LogP contribution in [0.2, 0.25) is 0 Å². The van der Waals surface area contributed by atoms with Crippen molar-refractivity contribution in [2.24, 2.45) is 0 Å². The number of pyridine rings is 2. The lowest BCUT2D eigenvalue weighted by Crippen LogP contribution is -1.92. The first kappa shape index (κ1) is 25.2. The minimum absolute atomic E-state index is 1.16. The van der Waals surface area contributed by atoms with E-state index in [1.165, 1.54) is 86.9 Å². The molecule has 10 aromatic rings. The highest BCUT2D eigenvalue weighted by Crippen LogP contribution is 2.47. The van der Waals surface area contributed by atoms with Crippen LogP contribution in [-0.4, -0.2) is 9.97 Å². The maximum atomic E-state index is 4.59. The number of benzene rings is 8. The van der Waals surface area contributed by atoms with Crippen LogP contribution in [0.4, 0.5) is 0 Å². The largest absolute Gasteiger partial charge is 0.264 e. The Morgan fingerprint density at radius 3 is 1.17 bits per heavy atom. The van der Waals surface area contributed by atoms with Crippen LogP contribution in [0.15, 0.2) is 158 Å². The van der Waals surface area contributed by atoms with E-state index in [2.05, 4.69) is 143 Å². The van der Waals surface area contributed by atoms with Crippen molar-refractivity contribution in [2.75, 3.05) is 0 Å². The van der Waals surface area contributed by atoms with Gasteiger partial charge >= 0.3 is 0 Å². The van der Waals surface area contributed by atoms with Crippen LogP contribution in [0.5, 0.6) is 0 Å². The lowest BCUT2D eigenvalue weighted by atomic mass is 9.84. The van der Waals surface area contributed by atoms with Crippen molar-refractivity contribution in [1.82, 2.24) is 9.97 Å². The van der Waals surface area contributed by atoms with Gasteiger partial charge in [-0.3, -0.25) is 9.97 Å². The molecule has 2 nitrogen and oxygen atoms in total. The number of aromatic nitrogens is 2. The molecular formula is C44H26N2. The Morgan fingerprint density at radius 2 is 0.696 bits per heavy atom. The van der Waals surface area contributed by atoms with Crippen molar-refractivity contribution in [2.45, 2.75) is 0 Å². The molecule has 0 fully saturated rings. The van der Waals surface area contributed by atoms with E-state index in [1.807, 2.05) is 24.8 Å². The van der Waals surface area contributed by atoms with E-state index in [0.29, 0.717) is 0 Å². The van der Waals surface area contributed by atoms with E-state index in [-0.39, 0.29) is 0 Å². The smallest absolute Gasteiger partial charge is 0.0352 e. The summed E-state index contributed by atoms with van der Waals surface area (Å²) in [7, 11) is 0. The molecule has 2 heteroatoms. The molecule has 0 saturated carbocycles. The molecule has 0 aliphatic heterocycles. The zero-order valence-corrected chi connectivity index (χ0v) is 24.9. The Labute approximate surface area is 265 Å². The zero-order valence-electron chi connectivity index (χ0n) is 24.9. The maximum absolute atomic E-state index is 4.59. The molecule has 2 aromatic heterocycles. The van der Waals surface area contributed by atoms with Gasteiger partial charge in [0.25, 0.3) is 0 Å². The molecule has 2 heterocycles. The molecular weight excluding hydrogens is 556 g/mol. The average molecular weight is 583 g/mol. The molecule has 0 spiro atoms. The molecule has 0 atom stereocenters. The van der Waals surface area contributed by atoms with Gasteiger partial charge in [0.1, 0.15) is 0 Å². The van der Waals surface area contributed by atoms with Crippen molar-refractivity contribution in [1.29, 1.82) is 0 Å². The SMILES string of the molecule is c1ccc2c(-c3cc4cc(-c5c6ccccc6cc6ccncc56)c5ccccc5c4c4ccccc34)c3cnccc3cc2c1. The van der Waals surface area contributed by atoms with Crippen molar-refractivity contribution in [3.63, 3.8) is 0 Å². The third-order valence-electron chi connectivity index (χ3n) is 9.73. The molecule has 0 saturated heterocycles. The van der Waals surface area contributed by atoms with Gasteiger partial charge in [0, 0.05) is 35.6 Å². The van der Waals surface area contributed by atoms with Crippen LogP contribution >= 0.6 is 0 Å². The van der Waals surface area contributed by atoms with E-state index in [9.17, 15) is 0 Å². The summed E-state index contributed by atoms with van der Waals surface area (Å²) in [4.78, 5) is 9.19.